The lowest BCUT2D eigenvalue weighted by molar-refractivity contribution is -0.119. The van der Waals surface area contributed by atoms with E-state index in [1.807, 2.05) is 0 Å². The van der Waals surface area contributed by atoms with Gasteiger partial charge in [-0.2, -0.15) is 0 Å². The summed E-state index contributed by atoms with van der Waals surface area (Å²) < 4.78 is 25.6. The molecule has 0 saturated carbocycles. The van der Waals surface area contributed by atoms with Crippen LogP contribution in [-0.2, 0) is 14.8 Å². The van der Waals surface area contributed by atoms with Crippen molar-refractivity contribution in [2.45, 2.75) is 4.90 Å². The van der Waals surface area contributed by atoms with Crippen LogP contribution in [0, 0.1) is 0 Å². The first kappa shape index (κ1) is 14.5. The summed E-state index contributed by atoms with van der Waals surface area (Å²) in [5.74, 6) is -0.439. The van der Waals surface area contributed by atoms with E-state index in [1.165, 1.54) is 19.2 Å². The molecule has 1 rings (SSSR count). The van der Waals surface area contributed by atoms with Gasteiger partial charge in [-0.05, 0) is 12.1 Å². The summed E-state index contributed by atoms with van der Waals surface area (Å²) in [6.45, 7) is -0.337. The van der Waals surface area contributed by atoms with E-state index >= 15 is 0 Å². The Balaban J connectivity index is 2.85. The van der Waals surface area contributed by atoms with Crippen molar-refractivity contribution in [3.8, 4) is 0 Å². The first-order valence-corrected chi connectivity index (χ1v) is 6.72. The van der Waals surface area contributed by atoms with Crippen molar-refractivity contribution in [2.24, 2.45) is 5.73 Å². The minimum Gasteiger partial charge on any atom is -0.388 e. The van der Waals surface area contributed by atoms with Gasteiger partial charge in [0.05, 0.1) is 12.2 Å². The molecule has 0 fully saturated rings. The van der Waals surface area contributed by atoms with Gasteiger partial charge in [0, 0.05) is 13.2 Å². The predicted molar refractivity (Wildman–Crippen MR) is 69.4 cm³/mol. The van der Waals surface area contributed by atoms with Crippen molar-refractivity contribution in [1.29, 1.82) is 0 Å². The summed E-state index contributed by atoms with van der Waals surface area (Å²) in [7, 11) is -2.35. The fourth-order valence-electron chi connectivity index (χ4n) is 1.02. The highest BCUT2D eigenvalue weighted by atomic mass is 32.2. The zero-order valence-corrected chi connectivity index (χ0v) is 11.1. The van der Waals surface area contributed by atoms with E-state index < -0.39 is 15.9 Å². The van der Waals surface area contributed by atoms with Gasteiger partial charge in [0.2, 0.25) is 15.9 Å². The molecule has 0 aromatic carbocycles. The summed E-state index contributed by atoms with van der Waals surface area (Å²) in [4.78, 5) is 14.8. The number of amides is 1. The normalized spacial score (nSPS) is 10.9. The van der Waals surface area contributed by atoms with Crippen molar-refractivity contribution in [3.05, 3.63) is 24.0 Å². The summed E-state index contributed by atoms with van der Waals surface area (Å²) in [5, 5.41) is 2.30. The van der Waals surface area contributed by atoms with Crippen molar-refractivity contribution < 1.29 is 13.2 Å². The van der Waals surface area contributed by atoms with Crippen LogP contribution in [0.2, 0.25) is 0 Å². The number of nitrogens with one attached hydrogen (secondary N) is 2. The van der Waals surface area contributed by atoms with E-state index in [-0.39, 0.29) is 16.4 Å². The van der Waals surface area contributed by atoms with Crippen molar-refractivity contribution in [3.63, 3.8) is 0 Å². The van der Waals surface area contributed by atoms with Gasteiger partial charge in [-0.25, -0.2) is 13.1 Å². The molecule has 0 bridgehead atoms. The second-order valence-corrected chi connectivity index (χ2v) is 5.45. The van der Waals surface area contributed by atoms with Gasteiger partial charge in [-0.1, -0.05) is 12.2 Å². The number of carbonyl (C=O) groups is 1. The molecule has 1 aromatic heterocycles. The molecule has 0 atom stereocenters. The van der Waals surface area contributed by atoms with Crippen molar-refractivity contribution >= 4 is 33.1 Å². The standard InChI is InChI=1S/C9H12N4O3S2/c1-11-8(14)5-13-18(15,16)6-2-3-7(9(10)17)12-4-6/h2-4,13H,5H2,1H3,(H2,10,17)(H,11,14). The third kappa shape index (κ3) is 3.72. The van der Waals surface area contributed by atoms with Gasteiger partial charge >= 0.3 is 0 Å². The third-order valence-electron chi connectivity index (χ3n) is 2.00. The number of aromatic nitrogens is 1. The maximum atomic E-state index is 11.7. The van der Waals surface area contributed by atoms with Gasteiger partial charge in [0.15, 0.2) is 0 Å². The third-order valence-corrected chi connectivity index (χ3v) is 3.60. The maximum absolute atomic E-state index is 11.7. The van der Waals surface area contributed by atoms with Gasteiger partial charge in [-0.15, -0.1) is 0 Å². The Hall–Kier alpha value is -1.58. The van der Waals surface area contributed by atoms with Crippen LogP contribution in [0.15, 0.2) is 23.2 Å². The first-order chi connectivity index (χ1) is 8.36. The summed E-state index contributed by atoms with van der Waals surface area (Å²) in [5.41, 5.74) is 5.67. The van der Waals surface area contributed by atoms with Crippen LogP contribution in [0.5, 0.6) is 0 Å². The van der Waals surface area contributed by atoms with Crippen molar-refractivity contribution in [2.75, 3.05) is 13.6 Å². The van der Waals surface area contributed by atoms with E-state index in [2.05, 4.69) is 15.0 Å². The average Bonchev–Trinajstić information content (AvgIpc) is 2.36. The molecule has 0 radical (unpaired) electrons. The minimum absolute atomic E-state index is 0.0635. The largest absolute Gasteiger partial charge is 0.388 e. The van der Waals surface area contributed by atoms with E-state index in [4.69, 9.17) is 18.0 Å². The highest BCUT2D eigenvalue weighted by Crippen LogP contribution is 2.07. The molecule has 9 heteroatoms. The van der Waals surface area contributed by atoms with E-state index in [9.17, 15) is 13.2 Å². The lowest BCUT2D eigenvalue weighted by atomic mass is 10.3. The molecule has 0 saturated heterocycles. The molecule has 1 amide bonds. The zero-order chi connectivity index (χ0) is 13.8. The quantitative estimate of drug-likeness (QED) is 0.583. The molecule has 18 heavy (non-hydrogen) atoms. The Kier molecular flexibility index (Phi) is 4.70. The van der Waals surface area contributed by atoms with Crippen LogP contribution < -0.4 is 15.8 Å². The first-order valence-electron chi connectivity index (χ1n) is 4.83. The molecule has 4 N–H and O–H groups in total. The van der Waals surface area contributed by atoms with Crippen LogP contribution in [0.1, 0.15) is 5.69 Å². The molecule has 0 unspecified atom stereocenters. The number of likely N-dealkylation sites (N-methyl/N-ethyl adjacent to an activating group) is 1. The van der Waals surface area contributed by atoms with Crippen LogP contribution in [-0.4, -0.2) is 37.9 Å². The molecule has 0 aliphatic rings. The number of sulfonamides is 1. The molecular formula is C9H12N4O3S2. The maximum Gasteiger partial charge on any atom is 0.242 e. The number of thiocarbonyl (C=S) groups is 1. The second-order valence-electron chi connectivity index (χ2n) is 3.24. The Morgan fingerprint density at radius 3 is 2.61 bits per heavy atom. The number of rotatable bonds is 5. The Labute approximate surface area is 110 Å². The number of nitrogens with two attached hydrogens (primary N) is 1. The molecule has 7 nitrogen and oxygen atoms in total. The summed E-state index contributed by atoms with van der Waals surface area (Å²) in [6, 6.07) is 2.71. The van der Waals surface area contributed by atoms with Crippen LogP contribution >= 0.6 is 12.2 Å². The number of nitrogens with zero attached hydrogens (tertiary/aromatic N) is 1. The number of hydrogen-bond donors (Lipinski definition) is 3. The lowest BCUT2D eigenvalue weighted by Gasteiger charge is -2.06. The molecule has 0 aliphatic heterocycles. The lowest BCUT2D eigenvalue weighted by Crippen LogP contribution is -2.35. The molecule has 1 aromatic rings. The highest BCUT2D eigenvalue weighted by molar-refractivity contribution is 7.89. The average molecular weight is 288 g/mol. The van der Waals surface area contributed by atoms with E-state index in [0.29, 0.717) is 5.69 Å². The second kappa shape index (κ2) is 5.85. The van der Waals surface area contributed by atoms with Crippen molar-refractivity contribution in [1.82, 2.24) is 15.0 Å². The van der Waals surface area contributed by atoms with Crippen LogP contribution in [0.25, 0.3) is 0 Å². The zero-order valence-electron chi connectivity index (χ0n) is 9.50. The Morgan fingerprint density at radius 2 is 2.17 bits per heavy atom. The Morgan fingerprint density at radius 1 is 1.50 bits per heavy atom. The predicted octanol–water partition coefficient (Wildman–Crippen LogP) is -1.26. The summed E-state index contributed by atoms with van der Waals surface area (Å²) in [6.07, 6.45) is 1.13. The van der Waals surface area contributed by atoms with Gasteiger partial charge in [-0.3, -0.25) is 9.78 Å². The molecule has 0 aliphatic carbocycles. The minimum atomic E-state index is -3.77. The number of carbonyl (C=O) groups excluding carboxylic acids is 1. The molecule has 0 spiro atoms. The SMILES string of the molecule is CNC(=O)CNS(=O)(=O)c1ccc(C(N)=S)nc1. The number of hydrogen-bond acceptors (Lipinski definition) is 5. The molecular weight excluding hydrogens is 276 g/mol. The van der Waals surface area contributed by atoms with Crippen LogP contribution in [0.3, 0.4) is 0 Å². The monoisotopic (exact) mass is 288 g/mol. The topological polar surface area (TPSA) is 114 Å². The van der Waals surface area contributed by atoms with Crippen LogP contribution in [0.4, 0.5) is 0 Å². The summed E-state index contributed by atoms with van der Waals surface area (Å²) >= 11 is 4.70. The van der Waals surface area contributed by atoms with E-state index in [1.54, 1.807) is 0 Å². The van der Waals surface area contributed by atoms with E-state index in [0.717, 1.165) is 6.20 Å². The Bertz CT molecular complexity index is 554. The smallest absolute Gasteiger partial charge is 0.242 e. The highest BCUT2D eigenvalue weighted by Gasteiger charge is 2.15. The van der Waals surface area contributed by atoms with Gasteiger partial charge < -0.3 is 11.1 Å². The van der Waals surface area contributed by atoms with Gasteiger partial charge in [0.1, 0.15) is 9.88 Å². The van der Waals surface area contributed by atoms with Gasteiger partial charge in [0.25, 0.3) is 0 Å². The molecule has 98 valence electrons. The fraction of sp³-hybridized carbons (Fsp3) is 0.222. The fourth-order valence-corrected chi connectivity index (χ4v) is 2.06. The molecule has 1 heterocycles. The number of pyridine rings is 1.